The predicted octanol–water partition coefficient (Wildman–Crippen LogP) is 4.56. The molecule has 0 saturated heterocycles. The third-order valence-electron chi connectivity index (χ3n) is 2.33. The van der Waals surface area contributed by atoms with Crippen LogP contribution in [0.4, 0.5) is 0 Å². The van der Waals surface area contributed by atoms with Gasteiger partial charge in [-0.25, -0.2) is 9.97 Å². The van der Waals surface area contributed by atoms with E-state index in [-0.39, 0.29) is 0 Å². The van der Waals surface area contributed by atoms with E-state index < -0.39 is 0 Å². The fourth-order valence-electron chi connectivity index (χ4n) is 1.47. The van der Waals surface area contributed by atoms with Crippen molar-refractivity contribution in [3.8, 4) is 10.6 Å². The molecule has 0 fully saturated rings. The molecule has 0 bridgehead atoms. The molecule has 0 N–H and O–H groups in total. The number of thioether (sulfide) groups is 1. The molecule has 0 aliphatic carbocycles. The Labute approximate surface area is 118 Å². The zero-order valence-electron chi connectivity index (χ0n) is 9.45. The van der Waals surface area contributed by atoms with Crippen LogP contribution in [-0.4, -0.2) is 9.97 Å². The number of thiazole rings is 1. The van der Waals surface area contributed by atoms with Crippen molar-refractivity contribution in [3.05, 3.63) is 52.3 Å². The van der Waals surface area contributed by atoms with Crippen LogP contribution in [0.3, 0.4) is 0 Å². The van der Waals surface area contributed by atoms with Crippen LogP contribution < -0.4 is 0 Å². The molecule has 90 valence electrons. The molecule has 0 aliphatic rings. The highest BCUT2D eigenvalue weighted by Gasteiger charge is 2.05. The van der Waals surface area contributed by atoms with Gasteiger partial charge in [0.2, 0.25) is 0 Å². The summed E-state index contributed by atoms with van der Waals surface area (Å²) in [6, 6.07) is 8.07. The Hall–Kier alpha value is -1.17. The second kappa shape index (κ2) is 5.65. The van der Waals surface area contributed by atoms with Gasteiger partial charge in [-0.1, -0.05) is 6.07 Å². The van der Waals surface area contributed by atoms with E-state index >= 15 is 0 Å². The molecule has 0 saturated carbocycles. The van der Waals surface area contributed by atoms with Gasteiger partial charge < -0.3 is 0 Å². The number of hydrogen-bond donors (Lipinski definition) is 0. The molecule has 0 amide bonds. The Morgan fingerprint density at radius 2 is 2.17 bits per heavy atom. The number of aromatic nitrogens is 2. The predicted molar refractivity (Wildman–Crippen MR) is 79.2 cm³/mol. The van der Waals surface area contributed by atoms with Gasteiger partial charge in [-0.15, -0.1) is 23.1 Å². The first kappa shape index (κ1) is 11.9. The summed E-state index contributed by atoms with van der Waals surface area (Å²) in [6.07, 6.45) is 1.82. The third-order valence-corrected chi connectivity index (χ3v) is 4.93. The minimum absolute atomic E-state index is 0.873. The quantitative estimate of drug-likeness (QED) is 0.659. The zero-order chi connectivity index (χ0) is 12.2. The molecular weight excluding hydrogens is 280 g/mol. The molecule has 0 spiro atoms. The standard InChI is InChI=1S/C13H10N2S3/c1-2-5-14-12(3-1)17-8-11-9-18-13(15-11)10-4-6-16-7-10/h1-7,9H,8H2. The number of pyridine rings is 1. The van der Waals surface area contributed by atoms with Crippen molar-refractivity contribution < 1.29 is 0 Å². The Balaban J connectivity index is 1.68. The van der Waals surface area contributed by atoms with Crippen LogP contribution in [0.2, 0.25) is 0 Å². The summed E-state index contributed by atoms with van der Waals surface area (Å²) in [5.74, 6) is 0.873. The van der Waals surface area contributed by atoms with E-state index in [9.17, 15) is 0 Å². The molecule has 0 radical (unpaired) electrons. The summed E-state index contributed by atoms with van der Waals surface area (Å²) >= 11 is 5.13. The Morgan fingerprint density at radius 1 is 1.17 bits per heavy atom. The van der Waals surface area contributed by atoms with E-state index in [1.54, 1.807) is 34.4 Å². The molecule has 0 atom stereocenters. The summed E-state index contributed by atoms with van der Waals surface area (Å²) in [5, 5.41) is 8.49. The lowest BCUT2D eigenvalue weighted by Crippen LogP contribution is -1.82. The van der Waals surface area contributed by atoms with E-state index in [0.717, 1.165) is 21.5 Å². The first-order valence-electron chi connectivity index (χ1n) is 5.42. The van der Waals surface area contributed by atoms with Gasteiger partial charge in [-0.2, -0.15) is 11.3 Å². The van der Waals surface area contributed by atoms with E-state index in [4.69, 9.17) is 0 Å². The number of thiophene rings is 1. The molecule has 5 heteroatoms. The van der Waals surface area contributed by atoms with E-state index in [1.807, 2.05) is 24.4 Å². The number of rotatable bonds is 4. The topological polar surface area (TPSA) is 25.8 Å². The largest absolute Gasteiger partial charge is 0.250 e. The van der Waals surface area contributed by atoms with Crippen molar-refractivity contribution in [3.63, 3.8) is 0 Å². The lowest BCUT2D eigenvalue weighted by Gasteiger charge is -1.96. The van der Waals surface area contributed by atoms with Crippen molar-refractivity contribution in [2.24, 2.45) is 0 Å². The minimum Gasteiger partial charge on any atom is -0.250 e. The maximum Gasteiger partial charge on any atom is 0.124 e. The monoisotopic (exact) mass is 290 g/mol. The molecule has 2 nitrogen and oxygen atoms in total. The highest BCUT2D eigenvalue weighted by atomic mass is 32.2. The van der Waals surface area contributed by atoms with E-state index in [0.29, 0.717) is 0 Å². The molecule has 3 heterocycles. The average molecular weight is 290 g/mol. The minimum atomic E-state index is 0.873. The first-order valence-corrected chi connectivity index (χ1v) is 8.23. The van der Waals surface area contributed by atoms with Gasteiger partial charge >= 0.3 is 0 Å². The lowest BCUT2D eigenvalue weighted by atomic mass is 10.4. The third kappa shape index (κ3) is 2.80. The van der Waals surface area contributed by atoms with Crippen LogP contribution >= 0.6 is 34.4 Å². The zero-order valence-corrected chi connectivity index (χ0v) is 11.9. The van der Waals surface area contributed by atoms with Crippen LogP contribution in [0.15, 0.2) is 51.6 Å². The maximum atomic E-state index is 4.64. The molecule has 3 aromatic rings. The number of hydrogen-bond acceptors (Lipinski definition) is 5. The first-order chi connectivity index (χ1) is 8.92. The molecular formula is C13H10N2S3. The smallest absolute Gasteiger partial charge is 0.124 e. The van der Waals surface area contributed by atoms with Gasteiger partial charge in [0.25, 0.3) is 0 Å². The van der Waals surface area contributed by atoms with Crippen LogP contribution in [-0.2, 0) is 5.75 Å². The highest BCUT2D eigenvalue weighted by molar-refractivity contribution is 7.98. The molecule has 3 rings (SSSR count). The summed E-state index contributed by atoms with van der Waals surface area (Å²) in [5.41, 5.74) is 2.34. The SMILES string of the molecule is c1ccc(SCc2csc(-c3ccsc3)n2)nc1. The summed E-state index contributed by atoms with van der Waals surface area (Å²) in [6.45, 7) is 0. The highest BCUT2D eigenvalue weighted by Crippen LogP contribution is 2.28. The average Bonchev–Trinajstić information content (AvgIpc) is 3.08. The van der Waals surface area contributed by atoms with Gasteiger partial charge in [0.15, 0.2) is 0 Å². The lowest BCUT2D eigenvalue weighted by molar-refractivity contribution is 1.12. The van der Waals surface area contributed by atoms with Crippen LogP contribution in [0.5, 0.6) is 0 Å². The van der Waals surface area contributed by atoms with E-state index in [2.05, 4.69) is 32.2 Å². The molecule has 0 aliphatic heterocycles. The van der Waals surface area contributed by atoms with Crippen molar-refractivity contribution in [1.82, 2.24) is 9.97 Å². The van der Waals surface area contributed by atoms with Crippen molar-refractivity contribution >= 4 is 34.4 Å². The molecule has 0 aromatic carbocycles. The van der Waals surface area contributed by atoms with E-state index in [1.165, 1.54) is 5.56 Å². The molecule has 18 heavy (non-hydrogen) atoms. The Bertz CT molecular complexity index is 602. The Kier molecular flexibility index (Phi) is 3.73. The Morgan fingerprint density at radius 3 is 2.94 bits per heavy atom. The summed E-state index contributed by atoms with van der Waals surface area (Å²) in [4.78, 5) is 8.94. The van der Waals surface area contributed by atoms with Crippen molar-refractivity contribution in [2.45, 2.75) is 10.8 Å². The van der Waals surface area contributed by atoms with Gasteiger partial charge in [-0.05, 0) is 23.6 Å². The van der Waals surface area contributed by atoms with Crippen molar-refractivity contribution in [2.75, 3.05) is 0 Å². The fraction of sp³-hybridized carbons (Fsp3) is 0.0769. The van der Waals surface area contributed by atoms with Gasteiger partial charge in [-0.3, -0.25) is 0 Å². The second-order valence-corrected chi connectivity index (χ2v) is 6.25. The summed E-state index contributed by atoms with van der Waals surface area (Å²) < 4.78 is 0. The van der Waals surface area contributed by atoms with Gasteiger partial charge in [0, 0.05) is 28.3 Å². The summed E-state index contributed by atoms with van der Waals surface area (Å²) in [7, 11) is 0. The van der Waals surface area contributed by atoms with Gasteiger partial charge in [0.05, 0.1) is 10.7 Å². The van der Waals surface area contributed by atoms with Crippen LogP contribution in [0, 0.1) is 0 Å². The molecule has 3 aromatic heterocycles. The fourth-order valence-corrected chi connectivity index (χ4v) is 3.86. The molecule has 0 unspecified atom stereocenters. The van der Waals surface area contributed by atoms with Crippen molar-refractivity contribution in [1.29, 1.82) is 0 Å². The van der Waals surface area contributed by atoms with Gasteiger partial charge in [0.1, 0.15) is 5.01 Å². The van der Waals surface area contributed by atoms with Crippen LogP contribution in [0.25, 0.3) is 10.6 Å². The van der Waals surface area contributed by atoms with Crippen LogP contribution in [0.1, 0.15) is 5.69 Å². The number of nitrogens with zero attached hydrogens (tertiary/aromatic N) is 2. The maximum absolute atomic E-state index is 4.64. The second-order valence-electron chi connectivity index (χ2n) is 3.61. The normalized spacial score (nSPS) is 10.7.